The molecule has 0 aromatic heterocycles. The van der Waals surface area contributed by atoms with Crippen molar-refractivity contribution in [3.8, 4) is 0 Å². The Labute approximate surface area is 85.2 Å². The summed E-state index contributed by atoms with van der Waals surface area (Å²) in [6, 6.07) is 8.22. The molecule has 0 aliphatic heterocycles. The molecule has 1 heteroatoms. The lowest BCUT2D eigenvalue weighted by Gasteiger charge is -2.16. The molecule has 0 saturated heterocycles. The minimum Gasteiger partial charge on any atom is -0.115 e. The highest BCUT2D eigenvalue weighted by atomic mass is 35.5. The van der Waals surface area contributed by atoms with Gasteiger partial charge in [-0.1, -0.05) is 36.4 Å². The Bertz CT molecular complexity index is 301. The molecule has 0 aliphatic rings. The zero-order valence-corrected chi connectivity index (χ0v) is 9.15. The van der Waals surface area contributed by atoms with Gasteiger partial charge in [0.25, 0.3) is 0 Å². The second-order valence-corrected chi connectivity index (χ2v) is 4.78. The summed E-state index contributed by atoms with van der Waals surface area (Å²) in [4.78, 5) is -0.284. The summed E-state index contributed by atoms with van der Waals surface area (Å²) < 4.78 is 0. The van der Waals surface area contributed by atoms with Gasteiger partial charge in [0.1, 0.15) is 0 Å². The summed E-state index contributed by atoms with van der Waals surface area (Å²) in [5, 5.41) is 0. The van der Waals surface area contributed by atoms with E-state index in [1.165, 1.54) is 5.56 Å². The van der Waals surface area contributed by atoms with E-state index in [1.54, 1.807) is 0 Å². The molecule has 0 radical (unpaired) electrons. The maximum atomic E-state index is 6.17. The van der Waals surface area contributed by atoms with E-state index in [-0.39, 0.29) is 4.87 Å². The first-order valence-corrected chi connectivity index (χ1v) is 4.74. The van der Waals surface area contributed by atoms with Crippen LogP contribution >= 0.6 is 11.6 Å². The lowest BCUT2D eigenvalue weighted by molar-refractivity contribution is 0.766. The third-order valence-electron chi connectivity index (χ3n) is 2.06. The minimum absolute atomic E-state index is 0.284. The highest BCUT2D eigenvalue weighted by Crippen LogP contribution is 2.28. The largest absolute Gasteiger partial charge is 0.115 e. The van der Waals surface area contributed by atoms with Crippen LogP contribution in [0.1, 0.15) is 31.9 Å². The Morgan fingerprint density at radius 3 is 2.00 bits per heavy atom. The van der Waals surface area contributed by atoms with Crippen molar-refractivity contribution in [2.24, 2.45) is 0 Å². The van der Waals surface area contributed by atoms with Crippen LogP contribution in [-0.2, 0) is 4.87 Å². The first-order chi connectivity index (χ1) is 5.91. The quantitative estimate of drug-likeness (QED) is 0.620. The maximum Gasteiger partial charge on any atom is 0.0638 e. The van der Waals surface area contributed by atoms with E-state index in [2.05, 4.69) is 30.8 Å². The van der Waals surface area contributed by atoms with Crippen molar-refractivity contribution in [1.82, 2.24) is 0 Å². The molecule has 0 bridgehead atoms. The predicted octanol–water partition coefficient (Wildman–Crippen LogP) is 4.19. The molecule has 0 atom stereocenters. The highest BCUT2D eigenvalue weighted by Gasteiger charge is 2.15. The molecule has 0 heterocycles. The number of allylic oxidation sites excluding steroid dienone is 1. The molecule has 0 unspecified atom stereocenters. The van der Waals surface area contributed by atoms with Gasteiger partial charge in [-0.3, -0.25) is 0 Å². The molecule has 0 aliphatic carbocycles. The van der Waals surface area contributed by atoms with Gasteiger partial charge < -0.3 is 0 Å². The first kappa shape index (κ1) is 10.3. The zero-order valence-electron chi connectivity index (χ0n) is 8.39. The van der Waals surface area contributed by atoms with Gasteiger partial charge in [0.15, 0.2) is 0 Å². The Morgan fingerprint density at radius 1 is 1.23 bits per heavy atom. The van der Waals surface area contributed by atoms with E-state index in [9.17, 15) is 0 Å². The lowest BCUT2D eigenvalue weighted by Crippen LogP contribution is -2.06. The van der Waals surface area contributed by atoms with Crippen LogP contribution in [0.2, 0.25) is 0 Å². The molecule has 1 aromatic carbocycles. The zero-order chi connectivity index (χ0) is 10.1. The van der Waals surface area contributed by atoms with Gasteiger partial charge in [-0.2, -0.15) is 0 Å². The number of rotatable bonds is 2. The fourth-order valence-corrected chi connectivity index (χ4v) is 1.28. The van der Waals surface area contributed by atoms with E-state index < -0.39 is 0 Å². The fourth-order valence-electron chi connectivity index (χ4n) is 1.15. The molecule has 0 amide bonds. The highest BCUT2D eigenvalue weighted by molar-refractivity contribution is 6.23. The summed E-state index contributed by atoms with van der Waals surface area (Å²) in [5.74, 6) is 0. The molecule has 0 spiro atoms. The van der Waals surface area contributed by atoms with E-state index in [0.717, 1.165) is 11.1 Å². The van der Waals surface area contributed by atoms with Crippen LogP contribution in [-0.4, -0.2) is 0 Å². The topological polar surface area (TPSA) is 0 Å². The Hall–Kier alpha value is -0.750. The molecular formula is C12H15Cl. The third kappa shape index (κ3) is 2.60. The van der Waals surface area contributed by atoms with Crippen molar-refractivity contribution < 1.29 is 0 Å². The van der Waals surface area contributed by atoms with Gasteiger partial charge in [-0.25, -0.2) is 0 Å². The summed E-state index contributed by atoms with van der Waals surface area (Å²) >= 11 is 6.17. The van der Waals surface area contributed by atoms with Crippen molar-refractivity contribution in [2.45, 2.75) is 25.6 Å². The van der Waals surface area contributed by atoms with Crippen LogP contribution in [0.15, 0.2) is 30.8 Å². The molecule has 0 saturated carbocycles. The second kappa shape index (κ2) is 3.55. The van der Waals surface area contributed by atoms with Crippen molar-refractivity contribution in [3.63, 3.8) is 0 Å². The summed E-state index contributed by atoms with van der Waals surface area (Å²) in [7, 11) is 0. The van der Waals surface area contributed by atoms with E-state index in [1.807, 2.05) is 20.8 Å². The first-order valence-electron chi connectivity index (χ1n) is 4.36. The summed E-state index contributed by atoms with van der Waals surface area (Å²) in [6.45, 7) is 9.87. The Kier molecular flexibility index (Phi) is 2.82. The van der Waals surface area contributed by atoms with Gasteiger partial charge in [0.2, 0.25) is 0 Å². The monoisotopic (exact) mass is 194 g/mol. The maximum absolute atomic E-state index is 6.17. The number of hydrogen-bond acceptors (Lipinski definition) is 0. The minimum atomic E-state index is -0.284. The standard InChI is InChI=1S/C12H15Cl/c1-9(2)10-5-7-11(8-6-10)12(3,4)13/h5-8H,1H2,2-4H3. The molecular weight excluding hydrogens is 180 g/mol. The van der Waals surface area contributed by atoms with E-state index in [4.69, 9.17) is 11.6 Å². The number of halogens is 1. The van der Waals surface area contributed by atoms with Crippen molar-refractivity contribution in [1.29, 1.82) is 0 Å². The van der Waals surface area contributed by atoms with Crippen LogP contribution in [0.3, 0.4) is 0 Å². The van der Waals surface area contributed by atoms with Gasteiger partial charge in [0.05, 0.1) is 4.87 Å². The van der Waals surface area contributed by atoms with Crippen molar-refractivity contribution >= 4 is 17.2 Å². The summed E-state index contributed by atoms with van der Waals surface area (Å²) in [5.41, 5.74) is 3.39. The molecule has 1 aromatic rings. The van der Waals surface area contributed by atoms with Gasteiger partial charge >= 0.3 is 0 Å². The molecule has 13 heavy (non-hydrogen) atoms. The van der Waals surface area contributed by atoms with Crippen LogP contribution in [0.4, 0.5) is 0 Å². The van der Waals surface area contributed by atoms with E-state index >= 15 is 0 Å². The summed E-state index contributed by atoms with van der Waals surface area (Å²) in [6.07, 6.45) is 0. The van der Waals surface area contributed by atoms with Crippen molar-refractivity contribution in [2.75, 3.05) is 0 Å². The smallest absolute Gasteiger partial charge is 0.0638 e. The average Bonchev–Trinajstić information content (AvgIpc) is 2.03. The number of benzene rings is 1. The molecule has 0 N–H and O–H groups in total. The molecule has 0 nitrogen and oxygen atoms in total. The number of hydrogen-bond donors (Lipinski definition) is 0. The van der Waals surface area contributed by atoms with Gasteiger partial charge in [-0.15, -0.1) is 11.6 Å². The number of alkyl halides is 1. The van der Waals surface area contributed by atoms with Crippen LogP contribution < -0.4 is 0 Å². The molecule has 0 fully saturated rings. The predicted molar refractivity (Wildman–Crippen MR) is 60.0 cm³/mol. The lowest BCUT2D eigenvalue weighted by atomic mass is 9.99. The van der Waals surface area contributed by atoms with Crippen LogP contribution in [0.5, 0.6) is 0 Å². The fraction of sp³-hybridized carbons (Fsp3) is 0.333. The molecule has 1 rings (SSSR count). The van der Waals surface area contributed by atoms with Crippen molar-refractivity contribution in [3.05, 3.63) is 42.0 Å². The Morgan fingerprint density at radius 2 is 1.69 bits per heavy atom. The Balaban J connectivity index is 3.01. The van der Waals surface area contributed by atoms with Crippen LogP contribution in [0.25, 0.3) is 5.57 Å². The van der Waals surface area contributed by atoms with E-state index in [0.29, 0.717) is 0 Å². The molecule has 70 valence electrons. The van der Waals surface area contributed by atoms with Gasteiger partial charge in [0, 0.05) is 0 Å². The second-order valence-electron chi connectivity index (χ2n) is 3.83. The van der Waals surface area contributed by atoms with Crippen LogP contribution in [0, 0.1) is 0 Å². The van der Waals surface area contributed by atoms with Gasteiger partial charge in [-0.05, 0) is 31.9 Å². The third-order valence-corrected chi connectivity index (χ3v) is 2.28. The normalized spacial score (nSPS) is 11.4. The SMILES string of the molecule is C=C(C)c1ccc(C(C)(C)Cl)cc1. The average molecular weight is 195 g/mol.